The van der Waals surface area contributed by atoms with E-state index in [0.29, 0.717) is 13.0 Å². The lowest BCUT2D eigenvalue weighted by molar-refractivity contribution is -0.157. The van der Waals surface area contributed by atoms with Crippen molar-refractivity contribution in [2.24, 2.45) is 11.8 Å². The van der Waals surface area contributed by atoms with Gasteiger partial charge in [0.1, 0.15) is 11.2 Å². The van der Waals surface area contributed by atoms with E-state index in [1.807, 2.05) is 55.4 Å². The lowest BCUT2D eigenvalue weighted by atomic mass is 10.1. The Morgan fingerprint density at radius 3 is 1.41 bits per heavy atom. The first-order valence-electron chi connectivity index (χ1n) is 8.73. The average molecular weight is 431 g/mol. The van der Waals surface area contributed by atoms with Crippen LogP contribution in [0.4, 0.5) is 0 Å². The molecule has 2 atom stereocenters. The molecule has 0 aromatic rings. The molecule has 0 rings (SSSR count). The molecule has 0 heterocycles. The zero-order valence-electron chi connectivity index (χ0n) is 18.5. The number of carbonyl (C=O) groups excluding carboxylic acids is 2. The Kier molecular flexibility index (Phi) is 20.8. The van der Waals surface area contributed by atoms with Crippen molar-refractivity contribution < 1.29 is 28.9 Å². The number of aliphatic hydroxyl groups is 1. The highest BCUT2D eigenvalue weighted by Crippen LogP contribution is 2.12. The fourth-order valence-electron chi connectivity index (χ4n) is 1.74. The van der Waals surface area contributed by atoms with E-state index in [2.05, 4.69) is 0 Å². The van der Waals surface area contributed by atoms with Crippen molar-refractivity contribution in [2.45, 2.75) is 79.4 Å². The SMILES string of the molecule is COC[C@H](C)CC(=O)OC(C)(C)C.C[C@@H](CO)CC(=O)OC(C)(C)C.S.S. The largest absolute Gasteiger partial charge is 0.460 e. The second-order valence-electron chi connectivity index (χ2n) is 8.43. The highest BCUT2D eigenvalue weighted by atomic mass is 32.1. The summed E-state index contributed by atoms with van der Waals surface area (Å²) in [5, 5.41) is 8.67. The highest BCUT2D eigenvalue weighted by Gasteiger charge is 2.18. The van der Waals surface area contributed by atoms with Crippen molar-refractivity contribution in [1.29, 1.82) is 0 Å². The van der Waals surface area contributed by atoms with E-state index in [1.54, 1.807) is 7.11 Å². The summed E-state index contributed by atoms with van der Waals surface area (Å²) in [6.07, 6.45) is 0.707. The molecule has 0 spiro atoms. The van der Waals surface area contributed by atoms with Crippen molar-refractivity contribution in [2.75, 3.05) is 20.3 Å². The molecule has 0 radical (unpaired) electrons. The fourth-order valence-corrected chi connectivity index (χ4v) is 1.74. The van der Waals surface area contributed by atoms with Crippen molar-refractivity contribution in [3.05, 3.63) is 0 Å². The lowest BCUT2D eigenvalue weighted by Gasteiger charge is -2.20. The lowest BCUT2D eigenvalue weighted by Crippen LogP contribution is -2.25. The van der Waals surface area contributed by atoms with Gasteiger partial charge in [-0.1, -0.05) is 13.8 Å². The quantitative estimate of drug-likeness (QED) is 0.622. The molecular weight excluding hydrogens is 388 g/mol. The zero-order valence-corrected chi connectivity index (χ0v) is 20.5. The summed E-state index contributed by atoms with van der Waals surface area (Å²) >= 11 is 0. The van der Waals surface area contributed by atoms with Crippen molar-refractivity contribution in [3.8, 4) is 0 Å². The van der Waals surface area contributed by atoms with Gasteiger partial charge < -0.3 is 19.3 Å². The topological polar surface area (TPSA) is 82.1 Å². The number of hydrogen-bond acceptors (Lipinski definition) is 6. The normalized spacial score (nSPS) is 13.0. The Morgan fingerprint density at radius 1 is 0.815 bits per heavy atom. The summed E-state index contributed by atoms with van der Waals surface area (Å²) in [5.74, 6) is -0.194. The molecule has 166 valence electrons. The average Bonchev–Trinajstić information content (AvgIpc) is 2.34. The van der Waals surface area contributed by atoms with E-state index < -0.39 is 5.60 Å². The molecule has 0 bridgehead atoms. The van der Waals surface area contributed by atoms with Crippen molar-refractivity contribution >= 4 is 38.9 Å². The first kappa shape index (κ1) is 34.1. The Bertz CT molecular complexity index is 389. The number of carbonyl (C=O) groups is 2. The number of ether oxygens (including phenoxy) is 3. The Morgan fingerprint density at radius 2 is 1.15 bits per heavy atom. The van der Waals surface area contributed by atoms with Gasteiger partial charge in [-0.2, -0.15) is 27.0 Å². The molecule has 0 aromatic heterocycles. The maximum Gasteiger partial charge on any atom is 0.306 e. The molecule has 0 saturated carbocycles. The van der Waals surface area contributed by atoms with Gasteiger partial charge in [-0.3, -0.25) is 9.59 Å². The van der Waals surface area contributed by atoms with Crippen LogP contribution >= 0.6 is 27.0 Å². The van der Waals surface area contributed by atoms with Gasteiger partial charge in [0.2, 0.25) is 0 Å². The summed E-state index contributed by atoms with van der Waals surface area (Å²) in [6.45, 7) is 15.5. The molecule has 0 fully saturated rings. The molecule has 0 aliphatic carbocycles. The van der Waals surface area contributed by atoms with E-state index in [0.717, 1.165) is 0 Å². The van der Waals surface area contributed by atoms with Crippen LogP contribution in [0.2, 0.25) is 0 Å². The molecule has 0 saturated heterocycles. The van der Waals surface area contributed by atoms with E-state index in [-0.39, 0.29) is 69.4 Å². The predicted octanol–water partition coefficient (Wildman–Crippen LogP) is 3.57. The van der Waals surface area contributed by atoms with Crippen LogP contribution in [0.1, 0.15) is 68.2 Å². The third kappa shape index (κ3) is 27.9. The summed E-state index contributed by atoms with van der Waals surface area (Å²) in [7, 11) is 1.63. The standard InChI is InChI=1S/C10H20O3.C9H18O3.2H2S/c1-8(7-12-5)6-9(11)13-10(2,3)4;1-7(6-10)5-8(11)12-9(2,3)4;;/h8H,6-7H2,1-5H3;7,10H,5-6H2,1-4H3;2*1H2/t8-;7-;;/m11../s1. The highest BCUT2D eigenvalue weighted by molar-refractivity contribution is 7.59. The molecule has 0 aliphatic heterocycles. The monoisotopic (exact) mass is 430 g/mol. The minimum atomic E-state index is -0.424. The van der Waals surface area contributed by atoms with Gasteiger partial charge in [-0.05, 0) is 53.4 Å². The molecule has 27 heavy (non-hydrogen) atoms. The first-order valence-corrected chi connectivity index (χ1v) is 8.73. The van der Waals surface area contributed by atoms with Gasteiger partial charge >= 0.3 is 11.9 Å². The maximum atomic E-state index is 11.3. The fraction of sp³-hybridized carbons (Fsp3) is 0.895. The predicted molar refractivity (Wildman–Crippen MR) is 119 cm³/mol. The van der Waals surface area contributed by atoms with Gasteiger partial charge in [-0.15, -0.1) is 0 Å². The molecule has 0 aliphatic rings. The van der Waals surface area contributed by atoms with Crippen LogP contribution in [-0.2, 0) is 23.8 Å². The van der Waals surface area contributed by atoms with E-state index in [9.17, 15) is 9.59 Å². The second-order valence-corrected chi connectivity index (χ2v) is 8.43. The van der Waals surface area contributed by atoms with Crippen LogP contribution in [0.3, 0.4) is 0 Å². The Labute approximate surface area is 179 Å². The number of hydrogen-bond donors (Lipinski definition) is 1. The van der Waals surface area contributed by atoms with Crippen molar-refractivity contribution in [3.63, 3.8) is 0 Å². The minimum Gasteiger partial charge on any atom is -0.460 e. The third-order valence-corrected chi connectivity index (χ3v) is 2.63. The first-order chi connectivity index (χ1) is 11.2. The number of rotatable bonds is 7. The van der Waals surface area contributed by atoms with E-state index in [4.69, 9.17) is 19.3 Å². The molecule has 8 heteroatoms. The van der Waals surface area contributed by atoms with Gasteiger partial charge in [0.15, 0.2) is 0 Å². The van der Waals surface area contributed by atoms with Gasteiger partial charge in [-0.25, -0.2) is 0 Å². The number of esters is 2. The molecule has 0 aromatic carbocycles. The number of methoxy groups -OCH3 is 1. The second kappa shape index (κ2) is 16.5. The number of aliphatic hydroxyl groups excluding tert-OH is 1. The van der Waals surface area contributed by atoms with Gasteiger partial charge in [0, 0.05) is 20.3 Å². The summed E-state index contributed by atoms with van der Waals surface area (Å²) in [6, 6.07) is 0. The van der Waals surface area contributed by atoms with Gasteiger partial charge in [0.25, 0.3) is 0 Å². The van der Waals surface area contributed by atoms with Crippen molar-refractivity contribution in [1.82, 2.24) is 0 Å². The summed E-state index contributed by atoms with van der Waals surface area (Å²) in [4.78, 5) is 22.4. The van der Waals surface area contributed by atoms with Crippen LogP contribution < -0.4 is 0 Å². The molecule has 0 amide bonds. The summed E-state index contributed by atoms with van der Waals surface area (Å²) in [5.41, 5.74) is -0.809. The summed E-state index contributed by atoms with van der Waals surface area (Å²) < 4.78 is 15.1. The molecule has 1 N–H and O–H groups in total. The third-order valence-electron chi connectivity index (χ3n) is 2.63. The minimum absolute atomic E-state index is 0. The van der Waals surface area contributed by atoms with Crippen LogP contribution in [0.5, 0.6) is 0 Å². The Balaban J connectivity index is -0.000000183. The molecular formula is C19H42O6S2. The van der Waals surface area contributed by atoms with E-state index in [1.165, 1.54) is 0 Å². The van der Waals surface area contributed by atoms with Crippen LogP contribution in [0.15, 0.2) is 0 Å². The van der Waals surface area contributed by atoms with Crippen LogP contribution in [0.25, 0.3) is 0 Å². The molecule has 0 unspecified atom stereocenters. The van der Waals surface area contributed by atoms with Crippen LogP contribution in [-0.4, -0.2) is 48.6 Å². The van der Waals surface area contributed by atoms with Gasteiger partial charge in [0.05, 0.1) is 12.8 Å². The smallest absolute Gasteiger partial charge is 0.306 e. The van der Waals surface area contributed by atoms with E-state index >= 15 is 0 Å². The van der Waals surface area contributed by atoms with Crippen LogP contribution in [0, 0.1) is 11.8 Å². The zero-order chi connectivity index (χ0) is 20.3. The Hall–Kier alpha value is -0.440. The maximum absolute atomic E-state index is 11.3. The molecule has 6 nitrogen and oxygen atoms in total.